The van der Waals surface area contributed by atoms with Gasteiger partial charge in [0.2, 0.25) is 0 Å². The lowest BCUT2D eigenvalue weighted by Crippen LogP contribution is -2.17. The molecule has 0 fully saturated rings. The number of nitriles is 1. The second-order valence-corrected chi connectivity index (χ2v) is 2.59. The molecule has 0 heterocycles. The summed E-state index contributed by atoms with van der Waals surface area (Å²) in [5.74, 6) is -0.720. The molecule has 13 heavy (non-hydrogen) atoms. The molecule has 0 radical (unpaired) electrons. The number of hydrogen-bond acceptors (Lipinski definition) is 3. The molecule has 0 aromatic heterocycles. The number of benzene rings is 1. The minimum atomic E-state index is -0.594. The molecule has 1 rings (SSSR count). The van der Waals surface area contributed by atoms with Gasteiger partial charge in [-0.25, -0.2) is 0 Å². The van der Waals surface area contributed by atoms with E-state index in [2.05, 4.69) is 0 Å². The molecule has 1 aromatic carbocycles. The van der Waals surface area contributed by atoms with Gasteiger partial charge >= 0.3 is 0 Å². The largest absolute Gasteiger partial charge is 0.507 e. The van der Waals surface area contributed by atoms with Crippen molar-refractivity contribution in [3.8, 4) is 11.9 Å². The van der Waals surface area contributed by atoms with Gasteiger partial charge in [-0.05, 0) is 19.1 Å². The summed E-state index contributed by atoms with van der Waals surface area (Å²) >= 11 is 0. The molecule has 1 amide bonds. The van der Waals surface area contributed by atoms with Crippen LogP contribution >= 0.6 is 0 Å². The van der Waals surface area contributed by atoms with Crippen molar-refractivity contribution in [1.29, 1.82) is 5.26 Å². The average molecular weight is 176 g/mol. The molecule has 0 spiro atoms. The van der Waals surface area contributed by atoms with Crippen LogP contribution < -0.4 is 5.32 Å². The lowest BCUT2D eigenvalue weighted by atomic mass is 10.1. The number of phenolic OH excluding ortho intramolecular Hbond substituents is 1. The maximum Gasteiger partial charge on any atom is 0.268 e. The van der Waals surface area contributed by atoms with Crippen molar-refractivity contribution in [3.63, 3.8) is 0 Å². The number of hydrogen-bond donors (Lipinski definition) is 2. The van der Waals surface area contributed by atoms with Crippen LogP contribution in [0.5, 0.6) is 5.75 Å². The fourth-order valence-electron chi connectivity index (χ4n) is 0.950. The number of carbonyl (C=O) groups is 1. The number of nitrogens with one attached hydrogen (secondary N) is 1. The first-order valence-electron chi connectivity index (χ1n) is 3.64. The molecule has 0 bridgehead atoms. The minimum absolute atomic E-state index is 0.113. The van der Waals surface area contributed by atoms with Crippen LogP contribution in [0.3, 0.4) is 0 Å². The topological polar surface area (TPSA) is 73.1 Å². The number of aromatic hydroxyl groups is 1. The molecule has 0 atom stereocenters. The molecule has 2 N–H and O–H groups in total. The summed E-state index contributed by atoms with van der Waals surface area (Å²) in [6.45, 7) is 1.79. The van der Waals surface area contributed by atoms with Crippen molar-refractivity contribution in [2.75, 3.05) is 0 Å². The fourth-order valence-corrected chi connectivity index (χ4v) is 0.950. The van der Waals surface area contributed by atoms with E-state index in [-0.39, 0.29) is 11.3 Å². The summed E-state index contributed by atoms with van der Waals surface area (Å²) < 4.78 is 0. The molecular formula is C9H8N2O2. The predicted molar refractivity (Wildman–Crippen MR) is 45.9 cm³/mol. The van der Waals surface area contributed by atoms with Gasteiger partial charge in [-0.3, -0.25) is 10.1 Å². The molecule has 0 aliphatic carbocycles. The number of phenols is 1. The molecule has 0 unspecified atom stereocenters. The smallest absolute Gasteiger partial charge is 0.268 e. The van der Waals surface area contributed by atoms with E-state index >= 15 is 0 Å². The maximum atomic E-state index is 11.1. The van der Waals surface area contributed by atoms with Crippen LogP contribution in [-0.2, 0) is 0 Å². The van der Waals surface area contributed by atoms with E-state index in [1.165, 1.54) is 18.3 Å². The first kappa shape index (κ1) is 9.07. The molecular weight excluding hydrogens is 168 g/mol. The van der Waals surface area contributed by atoms with E-state index in [1.807, 2.05) is 5.32 Å². The van der Waals surface area contributed by atoms with Gasteiger partial charge in [0.05, 0.1) is 5.56 Å². The van der Waals surface area contributed by atoms with Crippen molar-refractivity contribution >= 4 is 5.91 Å². The van der Waals surface area contributed by atoms with Crippen molar-refractivity contribution in [3.05, 3.63) is 29.3 Å². The van der Waals surface area contributed by atoms with Gasteiger partial charge in [-0.2, -0.15) is 5.26 Å². The molecule has 1 aromatic rings. The highest BCUT2D eigenvalue weighted by molar-refractivity contribution is 5.97. The van der Waals surface area contributed by atoms with Crippen LogP contribution in [0.25, 0.3) is 0 Å². The Morgan fingerprint density at radius 3 is 2.92 bits per heavy atom. The first-order chi connectivity index (χ1) is 6.15. The van der Waals surface area contributed by atoms with E-state index in [9.17, 15) is 9.90 Å². The summed E-state index contributed by atoms with van der Waals surface area (Å²) in [5.41, 5.74) is 0.961. The summed E-state index contributed by atoms with van der Waals surface area (Å²) in [4.78, 5) is 11.1. The Morgan fingerprint density at radius 2 is 2.31 bits per heavy atom. The second-order valence-electron chi connectivity index (χ2n) is 2.59. The van der Waals surface area contributed by atoms with E-state index in [1.54, 1.807) is 13.0 Å². The molecule has 0 aliphatic rings. The zero-order valence-corrected chi connectivity index (χ0v) is 7.03. The highest BCUT2D eigenvalue weighted by Crippen LogP contribution is 2.17. The predicted octanol–water partition coefficient (Wildman–Crippen LogP) is 0.911. The van der Waals surface area contributed by atoms with E-state index in [4.69, 9.17) is 5.26 Å². The van der Waals surface area contributed by atoms with Crippen LogP contribution in [0.15, 0.2) is 18.2 Å². The Kier molecular flexibility index (Phi) is 2.50. The van der Waals surface area contributed by atoms with Crippen LogP contribution in [-0.4, -0.2) is 11.0 Å². The third-order valence-corrected chi connectivity index (χ3v) is 1.57. The zero-order valence-electron chi connectivity index (χ0n) is 7.03. The van der Waals surface area contributed by atoms with Crippen LogP contribution in [0, 0.1) is 18.4 Å². The van der Waals surface area contributed by atoms with Crippen molar-refractivity contribution < 1.29 is 9.90 Å². The van der Waals surface area contributed by atoms with Gasteiger partial charge in [0.25, 0.3) is 5.91 Å². The number of aryl methyl sites for hydroxylation is 1. The summed E-state index contributed by atoms with van der Waals surface area (Å²) in [7, 11) is 0. The van der Waals surface area contributed by atoms with Gasteiger partial charge in [0.15, 0.2) is 6.19 Å². The average Bonchev–Trinajstić information content (AvgIpc) is 2.09. The molecule has 66 valence electrons. The fraction of sp³-hybridized carbons (Fsp3) is 0.111. The van der Waals surface area contributed by atoms with Crippen molar-refractivity contribution in [2.24, 2.45) is 0 Å². The number of amides is 1. The van der Waals surface area contributed by atoms with E-state index in [0.717, 1.165) is 5.56 Å². The van der Waals surface area contributed by atoms with Gasteiger partial charge in [-0.15, -0.1) is 0 Å². The molecule has 0 saturated carbocycles. The van der Waals surface area contributed by atoms with Crippen LogP contribution in [0.1, 0.15) is 15.9 Å². The Hall–Kier alpha value is -2.02. The number of carbonyl (C=O) groups excluding carboxylic acids is 1. The molecule has 4 heteroatoms. The summed E-state index contributed by atoms with van der Waals surface area (Å²) in [5, 5.41) is 19.4. The van der Waals surface area contributed by atoms with Crippen molar-refractivity contribution in [2.45, 2.75) is 6.92 Å². The highest BCUT2D eigenvalue weighted by atomic mass is 16.3. The van der Waals surface area contributed by atoms with Crippen LogP contribution in [0.2, 0.25) is 0 Å². The quantitative estimate of drug-likeness (QED) is 0.493. The summed E-state index contributed by atoms with van der Waals surface area (Å²) in [6, 6.07) is 4.61. The first-order valence-corrected chi connectivity index (χ1v) is 3.64. The maximum absolute atomic E-state index is 11.1. The number of nitrogens with zero attached hydrogens (tertiary/aromatic N) is 1. The molecule has 4 nitrogen and oxygen atoms in total. The standard InChI is InChI=1S/C9H8N2O2/c1-6-2-3-8(12)7(4-6)9(13)11-5-10/h2-4,12H,1H3,(H,11,13). The third kappa shape index (κ3) is 1.97. The van der Waals surface area contributed by atoms with E-state index in [0.29, 0.717) is 0 Å². The van der Waals surface area contributed by atoms with Crippen molar-refractivity contribution in [1.82, 2.24) is 5.32 Å². The lowest BCUT2D eigenvalue weighted by Gasteiger charge is -2.02. The Bertz CT molecular complexity index is 380. The van der Waals surface area contributed by atoms with Gasteiger partial charge < -0.3 is 5.11 Å². The SMILES string of the molecule is Cc1ccc(O)c(C(=O)NC#N)c1. The molecule has 0 saturated heterocycles. The Morgan fingerprint density at radius 1 is 1.62 bits per heavy atom. The molecule has 0 aliphatic heterocycles. The summed E-state index contributed by atoms with van der Waals surface area (Å²) in [6.07, 6.45) is 1.50. The highest BCUT2D eigenvalue weighted by Gasteiger charge is 2.09. The minimum Gasteiger partial charge on any atom is -0.507 e. The Labute approximate surface area is 75.4 Å². The Balaban J connectivity index is 3.07. The van der Waals surface area contributed by atoms with E-state index < -0.39 is 5.91 Å². The normalized spacial score (nSPS) is 8.92. The lowest BCUT2D eigenvalue weighted by molar-refractivity contribution is 0.0970. The third-order valence-electron chi connectivity index (χ3n) is 1.57. The second kappa shape index (κ2) is 3.59. The zero-order chi connectivity index (χ0) is 9.84. The van der Waals surface area contributed by atoms with Gasteiger partial charge in [-0.1, -0.05) is 11.6 Å². The van der Waals surface area contributed by atoms with Crippen LogP contribution in [0.4, 0.5) is 0 Å². The van der Waals surface area contributed by atoms with Gasteiger partial charge in [0, 0.05) is 0 Å². The monoisotopic (exact) mass is 176 g/mol. The van der Waals surface area contributed by atoms with Gasteiger partial charge in [0.1, 0.15) is 5.75 Å². The number of rotatable bonds is 1.